The fourth-order valence-electron chi connectivity index (χ4n) is 1.73. The number of hydrogen-bond donors (Lipinski definition) is 1. The summed E-state index contributed by atoms with van der Waals surface area (Å²) in [5.41, 5.74) is 0.833. The van der Waals surface area contributed by atoms with Crippen molar-refractivity contribution >= 4 is 21.6 Å². The summed E-state index contributed by atoms with van der Waals surface area (Å²) in [4.78, 5) is 11.6. The molecule has 0 saturated heterocycles. The van der Waals surface area contributed by atoms with Gasteiger partial charge in [0.1, 0.15) is 16.1 Å². The van der Waals surface area contributed by atoms with Crippen LogP contribution in [-0.4, -0.2) is 16.3 Å². The largest absolute Gasteiger partial charge is 0.382 e. The van der Waals surface area contributed by atoms with E-state index in [2.05, 4.69) is 26.3 Å². The lowest BCUT2D eigenvalue weighted by Crippen LogP contribution is -2.21. The molecule has 0 fully saturated rings. The van der Waals surface area contributed by atoms with Gasteiger partial charge < -0.3 is 5.32 Å². The van der Waals surface area contributed by atoms with Crippen molar-refractivity contribution in [2.45, 2.75) is 6.42 Å². The zero-order chi connectivity index (χ0) is 14.7. The lowest BCUT2D eigenvalue weighted by atomic mass is 10.1. The highest BCUT2D eigenvalue weighted by Crippen LogP contribution is 2.16. The molecule has 0 amide bonds. The lowest BCUT2D eigenvalue weighted by molar-refractivity contribution is 0.580. The molecule has 0 aliphatic rings. The molecule has 0 aliphatic heterocycles. The minimum atomic E-state index is -0.601. The summed E-state index contributed by atoms with van der Waals surface area (Å²) >= 11 is 3.18. The quantitative estimate of drug-likeness (QED) is 0.927. The number of rotatable bonds is 4. The first-order valence-corrected chi connectivity index (χ1v) is 6.67. The second kappa shape index (κ2) is 6.13. The first-order valence-electron chi connectivity index (χ1n) is 5.88. The zero-order valence-electron chi connectivity index (χ0n) is 10.7. The van der Waals surface area contributed by atoms with Crippen molar-refractivity contribution in [2.24, 2.45) is 7.05 Å². The number of aryl methyl sites for hydroxylation is 1. The van der Waals surface area contributed by atoms with E-state index in [0.717, 1.165) is 6.07 Å². The van der Waals surface area contributed by atoms with Gasteiger partial charge in [0.05, 0.1) is 11.9 Å². The minimum absolute atomic E-state index is 0.258. The molecule has 106 valence electrons. The van der Waals surface area contributed by atoms with Crippen molar-refractivity contribution in [3.8, 4) is 0 Å². The van der Waals surface area contributed by atoms with Gasteiger partial charge in [0.2, 0.25) is 0 Å². The van der Waals surface area contributed by atoms with E-state index in [1.807, 2.05) is 0 Å². The third kappa shape index (κ3) is 3.41. The van der Waals surface area contributed by atoms with Gasteiger partial charge >= 0.3 is 0 Å². The van der Waals surface area contributed by atoms with Gasteiger partial charge in [0.25, 0.3) is 5.56 Å². The summed E-state index contributed by atoms with van der Waals surface area (Å²) in [6, 6.07) is 3.39. The Hall–Kier alpha value is -1.76. The smallest absolute Gasteiger partial charge is 0.282 e. The molecule has 0 bridgehead atoms. The number of nitrogens with one attached hydrogen (secondary N) is 1. The Labute approximate surface area is 122 Å². The third-order valence-electron chi connectivity index (χ3n) is 2.73. The fraction of sp³-hybridized carbons (Fsp3) is 0.231. The van der Waals surface area contributed by atoms with Crippen LogP contribution in [0, 0.1) is 11.6 Å². The molecule has 1 aromatic heterocycles. The van der Waals surface area contributed by atoms with Crippen LogP contribution in [0.15, 0.2) is 33.7 Å². The molecular formula is C13H12BrF2N3O. The number of nitrogens with zero attached hydrogens (tertiary/aromatic N) is 2. The van der Waals surface area contributed by atoms with Crippen molar-refractivity contribution in [3.05, 3.63) is 56.4 Å². The molecule has 4 nitrogen and oxygen atoms in total. The van der Waals surface area contributed by atoms with Gasteiger partial charge in [-0.25, -0.2) is 13.5 Å². The van der Waals surface area contributed by atoms with Crippen LogP contribution < -0.4 is 10.9 Å². The van der Waals surface area contributed by atoms with Crippen LogP contribution in [0.3, 0.4) is 0 Å². The predicted molar refractivity (Wildman–Crippen MR) is 75.7 cm³/mol. The van der Waals surface area contributed by atoms with Gasteiger partial charge in [-0.3, -0.25) is 4.79 Å². The van der Waals surface area contributed by atoms with E-state index in [1.54, 1.807) is 7.05 Å². The Morgan fingerprint density at radius 3 is 2.60 bits per heavy atom. The highest BCUT2D eigenvalue weighted by atomic mass is 79.9. The first kappa shape index (κ1) is 14.6. The van der Waals surface area contributed by atoms with E-state index in [4.69, 9.17) is 0 Å². The Bertz CT molecular complexity index is 668. The van der Waals surface area contributed by atoms with Crippen LogP contribution in [0.2, 0.25) is 0 Å². The van der Waals surface area contributed by atoms with Crippen LogP contribution in [0.1, 0.15) is 5.56 Å². The third-order valence-corrected chi connectivity index (χ3v) is 3.50. The maximum atomic E-state index is 13.0. The molecule has 20 heavy (non-hydrogen) atoms. The van der Waals surface area contributed by atoms with Crippen molar-refractivity contribution in [3.63, 3.8) is 0 Å². The monoisotopic (exact) mass is 343 g/mol. The predicted octanol–water partition coefficient (Wildman–Crippen LogP) is 2.48. The summed E-state index contributed by atoms with van der Waals surface area (Å²) in [5, 5.41) is 6.89. The molecule has 0 unspecified atom stereocenters. The molecule has 1 N–H and O–H groups in total. The van der Waals surface area contributed by atoms with Gasteiger partial charge in [-0.1, -0.05) is 0 Å². The highest BCUT2D eigenvalue weighted by molar-refractivity contribution is 9.10. The molecule has 2 aromatic rings. The molecule has 0 radical (unpaired) electrons. The van der Waals surface area contributed by atoms with Crippen LogP contribution in [0.25, 0.3) is 0 Å². The summed E-state index contributed by atoms with van der Waals surface area (Å²) in [6.45, 7) is 0.427. The van der Waals surface area contributed by atoms with Crippen molar-refractivity contribution in [1.82, 2.24) is 9.78 Å². The average Bonchev–Trinajstić information content (AvgIpc) is 2.38. The molecule has 7 heteroatoms. The summed E-state index contributed by atoms with van der Waals surface area (Å²) in [7, 11) is 1.55. The highest BCUT2D eigenvalue weighted by Gasteiger charge is 2.06. The van der Waals surface area contributed by atoms with Crippen molar-refractivity contribution in [1.29, 1.82) is 0 Å². The first-order chi connectivity index (χ1) is 9.47. The van der Waals surface area contributed by atoms with Gasteiger partial charge in [0, 0.05) is 19.7 Å². The van der Waals surface area contributed by atoms with Crippen LogP contribution >= 0.6 is 15.9 Å². The van der Waals surface area contributed by atoms with Gasteiger partial charge in [-0.15, -0.1) is 0 Å². The second-order valence-corrected chi connectivity index (χ2v) is 5.05. The van der Waals surface area contributed by atoms with Crippen LogP contribution in [-0.2, 0) is 13.5 Å². The zero-order valence-corrected chi connectivity index (χ0v) is 12.2. The SMILES string of the molecule is Cn1ncc(NCCc2cc(F)cc(F)c2)c(Br)c1=O. The van der Waals surface area contributed by atoms with Crippen molar-refractivity contribution in [2.75, 3.05) is 11.9 Å². The molecule has 2 rings (SSSR count). The number of anilines is 1. The maximum Gasteiger partial charge on any atom is 0.282 e. The average molecular weight is 344 g/mol. The fourth-order valence-corrected chi connectivity index (χ4v) is 2.23. The molecule has 1 aromatic carbocycles. The van der Waals surface area contributed by atoms with E-state index >= 15 is 0 Å². The Balaban J connectivity index is 2.03. The number of aromatic nitrogens is 2. The van der Waals surface area contributed by atoms with E-state index in [9.17, 15) is 13.6 Å². The van der Waals surface area contributed by atoms with E-state index in [1.165, 1.54) is 23.0 Å². The summed E-state index contributed by atoms with van der Waals surface area (Å²) in [5.74, 6) is -1.20. The van der Waals surface area contributed by atoms with E-state index < -0.39 is 11.6 Å². The molecular weight excluding hydrogens is 332 g/mol. The molecule has 0 aliphatic carbocycles. The summed E-state index contributed by atoms with van der Waals surface area (Å²) in [6.07, 6.45) is 1.94. The van der Waals surface area contributed by atoms with Crippen LogP contribution in [0.4, 0.5) is 14.5 Å². The molecule has 0 saturated carbocycles. The Kier molecular flexibility index (Phi) is 4.49. The van der Waals surface area contributed by atoms with E-state index in [0.29, 0.717) is 28.7 Å². The summed E-state index contributed by atoms with van der Waals surface area (Å²) < 4.78 is 27.6. The Morgan fingerprint density at radius 1 is 1.30 bits per heavy atom. The molecule has 0 atom stereocenters. The minimum Gasteiger partial charge on any atom is -0.382 e. The van der Waals surface area contributed by atoms with Gasteiger partial charge in [0.15, 0.2) is 0 Å². The molecule has 1 heterocycles. The Morgan fingerprint density at radius 2 is 1.95 bits per heavy atom. The standard InChI is InChI=1S/C13H12BrF2N3O/c1-19-13(20)12(14)11(7-18-19)17-3-2-8-4-9(15)6-10(16)5-8/h4-7,17H,2-3H2,1H3. The van der Waals surface area contributed by atoms with Gasteiger partial charge in [-0.05, 0) is 40.0 Å². The van der Waals surface area contributed by atoms with E-state index in [-0.39, 0.29) is 5.56 Å². The molecule has 0 spiro atoms. The second-order valence-electron chi connectivity index (χ2n) is 4.26. The van der Waals surface area contributed by atoms with Crippen molar-refractivity contribution < 1.29 is 8.78 Å². The number of benzene rings is 1. The maximum absolute atomic E-state index is 13.0. The lowest BCUT2D eigenvalue weighted by Gasteiger charge is -2.08. The number of hydrogen-bond acceptors (Lipinski definition) is 3. The topological polar surface area (TPSA) is 46.9 Å². The number of halogens is 3. The van der Waals surface area contributed by atoms with Crippen LogP contribution in [0.5, 0.6) is 0 Å². The normalized spacial score (nSPS) is 10.6. The van der Waals surface area contributed by atoms with Gasteiger partial charge in [-0.2, -0.15) is 5.10 Å².